The molecular formula is C17H19ClN2O2. The zero-order chi connectivity index (χ0) is 15.9. The minimum atomic E-state index is -0.169. The van der Waals surface area contributed by atoms with Crippen LogP contribution in [0.25, 0.3) is 0 Å². The lowest BCUT2D eigenvalue weighted by molar-refractivity contribution is 0.102. The van der Waals surface area contributed by atoms with Gasteiger partial charge in [0.1, 0.15) is 12.4 Å². The standard InChI is InChI=1S/C17H19ClN2O2/c1-20(2)11-12-22-16-9-7-15(8-10-16)19-17(21)13-3-5-14(18)6-4-13/h3-10H,11-12H2,1-2H3,(H,19,21). The van der Waals surface area contributed by atoms with Crippen LogP contribution in [0.15, 0.2) is 48.5 Å². The summed E-state index contributed by atoms with van der Waals surface area (Å²) in [5, 5.41) is 3.44. The second-order valence-corrected chi connectivity index (χ2v) is 5.57. The lowest BCUT2D eigenvalue weighted by Gasteiger charge is -2.11. The molecule has 0 fully saturated rings. The largest absolute Gasteiger partial charge is 0.492 e. The Morgan fingerprint density at radius 3 is 2.32 bits per heavy atom. The van der Waals surface area contributed by atoms with Gasteiger partial charge in [-0.05, 0) is 62.6 Å². The molecule has 2 aromatic rings. The van der Waals surface area contributed by atoms with Gasteiger partial charge in [0, 0.05) is 22.8 Å². The van der Waals surface area contributed by atoms with Crippen LogP contribution in [0.1, 0.15) is 10.4 Å². The summed E-state index contributed by atoms with van der Waals surface area (Å²) < 4.78 is 5.61. The van der Waals surface area contributed by atoms with Gasteiger partial charge in [-0.3, -0.25) is 4.79 Å². The highest BCUT2D eigenvalue weighted by Crippen LogP contribution is 2.17. The number of halogens is 1. The van der Waals surface area contributed by atoms with Gasteiger partial charge in [-0.15, -0.1) is 0 Å². The number of ether oxygens (including phenoxy) is 1. The fraction of sp³-hybridized carbons (Fsp3) is 0.235. The molecule has 116 valence electrons. The molecule has 0 spiro atoms. The maximum Gasteiger partial charge on any atom is 0.255 e. The van der Waals surface area contributed by atoms with E-state index in [-0.39, 0.29) is 5.91 Å². The zero-order valence-electron chi connectivity index (χ0n) is 12.7. The Kier molecular flexibility index (Phi) is 5.81. The van der Waals surface area contributed by atoms with Gasteiger partial charge in [0.05, 0.1) is 0 Å². The van der Waals surface area contributed by atoms with E-state index in [0.29, 0.717) is 17.2 Å². The van der Waals surface area contributed by atoms with Gasteiger partial charge in [-0.25, -0.2) is 0 Å². The minimum Gasteiger partial charge on any atom is -0.492 e. The number of benzene rings is 2. The molecule has 0 saturated carbocycles. The summed E-state index contributed by atoms with van der Waals surface area (Å²) in [5.41, 5.74) is 1.29. The molecule has 5 heteroatoms. The monoisotopic (exact) mass is 318 g/mol. The fourth-order valence-electron chi connectivity index (χ4n) is 1.79. The Morgan fingerprint density at radius 1 is 1.09 bits per heavy atom. The molecule has 0 bridgehead atoms. The maximum atomic E-state index is 12.1. The highest BCUT2D eigenvalue weighted by molar-refractivity contribution is 6.30. The average molecular weight is 319 g/mol. The number of nitrogens with one attached hydrogen (secondary N) is 1. The predicted molar refractivity (Wildman–Crippen MR) is 89.9 cm³/mol. The predicted octanol–water partition coefficient (Wildman–Crippen LogP) is 3.53. The maximum absolute atomic E-state index is 12.1. The Hall–Kier alpha value is -2.04. The molecule has 1 amide bonds. The summed E-state index contributed by atoms with van der Waals surface area (Å²) in [5.74, 6) is 0.615. The molecule has 0 saturated heterocycles. The first kappa shape index (κ1) is 16.3. The summed E-state index contributed by atoms with van der Waals surface area (Å²) in [4.78, 5) is 14.1. The Morgan fingerprint density at radius 2 is 1.73 bits per heavy atom. The highest BCUT2D eigenvalue weighted by atomic mass is 35.5. The second kappa shape index (κ2) is 7.82. The van der Waals surface area contributed by atoms with E-state index >= 15 is 0 Å². The third kappa shape index (κ3) is 5.06. The van der Waals surface area contributed by atoms with Crippen LogP contribution >= 0.6 is 11.6 Å². The van der Waals surface area contributed by atoms with Crippen molar-refractivity contribution in [3.8, 4) is 5.75 Å². The summed E-state index contributed by atoms with van der Waals surface area (Å²) >= 11 is 5.81. The van der Waals surface area contributed by atoms with Crippen LogP contribution in [-0.4, -0.2) is 38.1 Å². The van der Waals surface area contributed by atoms with Gasteiger partial charge in [0.15, 0.2) is 0 Å². The van der Waals surface area contributed by atoms with Gasteiger partial charge >= 0.3 is 0 Å². The molecule has 0 aromatic heterocycles. The van der Waals surface area contributed by atoms with E-state index < -0.39 is 0 Å². The van der Waals surface area contributed by atoms with Crippen molar-refractivity contribution in [2.75, 3.05) is 32.6 Å². The SMILES string of the molecule is CN(C)CCOc1ccc(NC(=O)c2ccc(Cl)cc2)cc1. The third-order valence-corrected chi connectivity index (χ3v) is 3.28. The number of nitrogens with zero attached hydrogens (tertiary/aromatic N) is 1. The molecule has 22 heavy (non-hydrogen) atoms. The number of amides is 1. The van der Waals surface area contributed by atoms with Crippen LogP contribution in [0.4, 0.5) is 5.69 Å². The number of anilines is 1. The fourth-order valence-corrected chi connectivity index (χ4v) is 1.91. The Bertz CT molecular complexity index is 610. The van der Waals surface area contributed by atoms with Crippen LogP contribution in [0, 0.1) is 0 Å². The normalized spacial score (nSPS) is 10.5. The number of hydrogen-bond acceptors (Lipinski definition) is 3. The van der Waals surface area contributed by atoms with Gasteiger partial charge < -0.3 is 15.0 Å². The molecule has 0 atom stereocenters. The number of carbonyl (C=O) groups is 1. The van der Waals surface area contributed by atoms with E-state index in [1.54, 1.807) is 24.3 Å². The Labute approximate surface area is 135 Å². The molecule has 0 aliphatic carbocycles. The zero-order valence-corrected chi connectivity index (χ0v) is 13.4. The van der Waals surface area contributed by atoms with Crippen molar-refractivity contribution in [1.29, 1.82) is 0 Å². The van der Waals surface area contributed by atoms with E-state index in [4.69, 9.17) is 16.3 Å². The third-order valence-electron chi connectivity index (χ3n) is 3.03. The van der Waals surface area contributed by atoms with Crippen molar-refractivity contribution in [2.45, 2.75) is 0 Å². The number of rotatable bonds is 6. The molecule has 2 aromatic carbocycles. The molecule has 0 aliphatic rings. The topological polar surface area (TPSA) is 41.6 Å². The van der Waals surface area contributed by atoms with Crippen LogP contribution < -0.4 is 10.1 Å². The molecule has 0 aliphatic heterocycles. The van der Waals surface area contributed by atoms with E-state index in [9.17, 15) is 4.79 Å². The average Bonchev–Trinajstić information content (AvgIpc) is 2.49. The van der Waals surface area contributed by atoms with Crippen molar-refractivity contribution in [3.05, 3.63) is 59.1 Å². The molecule has 0 unspecified atom stereocenters. The second-order valence-electron chi connectivity index (χ2n) is 5.14. The first-order valence-corrected chi connectivity index (χ1v) is 7.37. The molecule has 0 heterocycles. The van der Waals surface area contributed by atoms with Crippen molar-refractivity contribution in [1.82, 2.24) is 4.90 Å². The molecular weight excluding hydrogens is 300 g/mol. The van der Waals surface area contributed by atoms with Crippen molar-refractivity contribution in [3.63, 3.8) is 0 Å². The van der Waals surface area contributed by atoms with Crippen LogP contribution in [0.3, 0.4) is 0 Å². The van der Waals surface area contributed by atoms with E-state index in [1.165, 1.54) is 0 Å². The Balaban J connectivity index is 1.90. The van der Waals surface area contributed by atoms with E-state index in [2.05, 4.69) is 10.2 Å². The molecule has 4 nitrogen and oxygen atoms in total. The first-order valence-electron chi connectivity index (χ1n) is 6.99. The molecule has 2 rings (SSSR count). The van der Waals surface area contributed by atoms with Gasteiger partial charge in [-0.1, -0.05) is 11.6 Å². The smallest absolute Gasteiger partial charge is 0.255 e. The lowest BCUT2D eigenvalue weighted by Crippen LogP contribution is -2.19. The van der Waals surface area contributed by atoms with Crippen molar-refractivity contribution >= 4 is 23.2 Å². The number of hydrogen-bond donors (Lipinski definition) is 1. The lowest BCUT2D eigenvalue weighted by atomic mass is 10.2. The van der Waals surface area contributed by atoms with Gasteiger partial charge in [0.25, 0.3) is 5.91 Å². The number of carbonyl (C=O) groups excluding carboxylic acids is 1. The summed E-state index contributed by atoms with van der Waals surface area (Å²) in [6.07, 6.45) is 0. The van der Waals surface area contributed by atoms with E-state index in [0.717, 1.165) is 18.0 Å². The number of likely N-dealkylation sites (N-methyl/N-ethyl adjacent to an activating group) is 1. The minimum absolute atomic E-state index is 0.169. The van der Waals surface area contributed by atoms with Crippen LogP contribution in [0.5, 0.6) is 5.75 Å². The molecule has 1 N–H and O–H groups in total. The van der Waals surface area contributed by atoms with Crippen LogP contribution in [-0.2, 0) is 0 Å². The first-order chi connectivity index (χ1) is 10.5. The quantitative estimate of drug-likeness (QED) is 0.886. The van der Waals surface area contributed by atoms with Crippen LogP contribution in [0.2, 0.25) is 5.02 Å². The van der Waals surface area contributed by atoms with Crippen molar-refractivity contribution < 1.29 is 9.53 Å². The summed E-state index contributed by atoms with van der Waals surface area (Å²) in [6.45, 7) is 1.48. The van der Waals surface area contributed by atoms with Crippen molar-refractivity contribution in [2.24, 2.45) is 0 Å². The van der Waals surface area contributed by atoms with E-state index in [1.807, 2.05) is 38.4 Å². The van der Waals surface area contributed by atoms with Gasteiger partial charge in [0.2, 0.25) is 0 Å². The molecule has 0 radical (unpaired) electrons. The summed E-state index contributed by atoms with van der Waals surface area (Å²) in [7, 11) is 4.00. The highest BCUT2D eigenvalue weighted by Gasteiger charge is 2.06. The van der Waals surface area contributed by atoms with Gasteiger partial charge in [-0.2, -0.15) is 0 Å². The summed E-state index contributed by atoms with van der Waals surface area (Å²) in [6, 6.07) is 14.1.